The number of carboxylic acid groups (broad SMARTS) is 1. The third-order valence-corrected chi connectivity index (χ3v) is 3.52. The number of aromatic carboxylic acids is 1. The highest BCUT2D eigenvalue weighted by Gasteiger charge is 2.11. The van der Waals surface area contributed by atoms with Gasteiger partial charge in [0.05, 0.1) is 11.3 Å². The second-order valence-corrected chi connectivity index (χ2v) is 5.07. The molecular weight excluding hydrogens is 351 g/mol. The summed E-state index contributed by atoms with van der Waals surface area (Å²) < 4.78 is 39.8. The zero-order valence-corrected chi connectivity index (χ0v) is 12.0. The Balaban J connectivity index is 2.17. The van der Waals surface area contributed by atoms with E-state index in [0.717, 1.165) is 6.07 Å². The van der Waals surface area contributed by atoms with Gasteiger partial charge in [-0.3, -0.25) is 0 Å². The van der Waals surface area contributed by atoms with Crippen molar-refractivity contribution in [2.24, 2.45) is 0 Å². The molecule has 2 aromatic rings. The molecule has 0 aliphatic carbocycles. The maximum Gasteiger partial charge on any atom is 0.335 e. The molecule has 0 spiro atoms. The summed E-state index contributed by atoms with van der Waals surface area (Å²) in [4.78, 5) is 10.8. The number of hydrogen-bond donors (Lipinski definition) is 2. The van der Waals surface area contributed by atoms with Gasteiger partial charge in [-0.1, -0.05) is 22.0 Å². The van der Waals surface area contributed by atoms with Gasteiger partial charge in [-0.05, 0) is 17.7 Å². The van der Waals surface area contributed by atoms with E-state index in [1.54, 1.807) is 6.07 Å². The summed E-state index contributed by atoms with van der Waals surface area (Å²) in [6.45, 7) is 0.114. The Kier molecular flexibility index (Phi) is 4.52. The van der Waals surface area contributed by atoms with Gasteiger partial charge in [0.2, 0.25) is 0 Å². The van der Waals surface area contributed by atoms with Crippen LogP contribution in [-0.2, 0) is 6.54 Å². The molecule has 0 bridgehead atoms. The Morgan fingerprint density at radius 3 is 2.38 bits per heavy atom. The van der Waals surface area contributed by atoms with Crippen molar-refractivity contribution in [3.05, 3.63) is 63.4 Å². The van der Waals surface area contributed by atoms with E-state index in [0.29, 0.717) is 16.1 Å². The second-order valence-electron chi connectivity index (χ2n) is 4.21. The van der Waals surface area contributed by atoms with Gasteiger partial charge < -0.3 is 10.4 Å². The van der Waals surface area contributed by atoms with Gasteiger partial charge in [0.15, 0.2) is 11.6 Å². The largest absolute Gasteiger partial charge is 0.478 e. The molecule has 7 heteroatoms. The van der Waals surface area contributed by atoms with Crippen LogP contribution in [0, 0.1) is 17.5 Å². The van der Waals surface area contributed by atoms with Gasteiger partial charge >= 0.3 is 5.97 Å². The Morgan fingerprint density at radius 1 is 1.10 bits per heavy atom. The van der Waals surface area contributed by atoms with Gasteiger partial charge in [-0.15, -0.1) is 0 Å². The van der Waals surface area contributed by atoms with Crippen LogP contribution in [0.15, 0.2) is 34.8 Å². The first-order valence-corrected chi connectivity index (χ1v) is 6.58. The molecule has 0 unspecified atom stereocenters. The number of carboxylic acids is 1. The van der Waals surface area contributed by atoms with Crippen molar-refractivity contribution in [3.63, 3.8) is 0 Å². The van der Waals surface area contributed by atoms with Crippen molar-refractivity contribution in [1.29, 1.82) is 0 Å². The van der Waals surface area contributed by atoms with Gasteiger partial charge in [-0.2, -0.15) is 0 Å². The molecule has 0 radical (unpaired) electrons. The van der Waals surface area contributed by atoms with Gasteiger partial charge in [0, 0.05) is 23.2 Å². The fourth-order valence-electron chi connectivity index (χ4n) is 1.67. The van der Waals surface area contributed by atoms with Crippen molar-refractivity contribution in [2.75, 3.05) is 5.32 Å². The van der Waals surface area contributed by atoms with Crippen molar-refractivity contribution in [3.8, 4) is 0 Å². The van der Waals surface area contributed by atoms with E-state index in [1.165, 1.54) is 12.1 Å². The molecule has 3 nitrogen and oxygen atoms in total. The second kappa shape index (κ2) is 6.17. The van der Waals surface area contributed by atoms with Crippen LogP contribution in [0.4, 0.5) is 18.9 Å². The smallest absolute Gasteiger partial charge is 0.335 e. The Labute approximate surface area is 126 Å². The molecule has 0 aromatic heterocycles. The predicted octanol–water partition coefficient (Wildman–Crippen LogP) is 4.18. The van der Waals surface area contributed by atoms with E-state index >= 15 is 0 Å². The highest BCUT2D eigenvalue weighted by atomic mass is 79.9. The summed E-state index contributed by atoms with van der Waals surface area (Å²) in [5, 5.41) is 11.5. The van der Waals surface area contributed by atoms with Crippen LogP contribution in [0.3, 0.4) is 0 Å². The SMILES string of the molecule is O=C(O)c1ccc(CNc2cc(F)c(F)cc2F)c(Br)c1. The third-order valence-electron chi connectivity index (χ3n) is 2.78. The molecule has 110 valence electrons. The molecule has 0 saturated heterocycles. The number of rotatable bonds is 4. The van der Waals surface area contributed by atoms with Gasteiger partial charge in [0.25, 0.3) is 0 Å². The lowest BCUT2D eigenvalue weighted by atomic mass is 10.1. The third kappa shape index (κ3) is 3.55. The molecule has 0 atom stereocenters. The number of nitrogens with one attached hydrogen (secondary N) is 1. The maximum atomic E-state index is 13.4. The monoisotopic (exact) mass is 359 g/mol. The number of halogens is 4. The number of anilines is 1. The van der Waals surface area contributed by atoms with Crippen molar-refractivity contribution in [1.82, 2.24) is 0 Å². The highest BCUT2D eigenvalue weighted by Crippen LogP contribution is 2.22. The van der Waals surface area contributed by atoms with E-state index in [2.05, 4.69) is 21.2 Å². The zero-order chi connectivity index (χ0) is 15.6. The molecule has 2 aromatic carbocycles. The van der Waals surface area contributed by atoms with Crippen LogP contribution in [0.2, 0.25) is 0 Å². The van der Waals surface area contributed by atoms with E-state index in [9.17, 15) is 18.0 Å². The predicted molar refractivity (Wildman–Crippen MR) is 74.7 cm³/mol. The van der Waals surface area contributed by atoms with Crippen LogP contribution in [0.1, 0.15) is 15.9 Å². The molecule has 0 aliphatic heterocycles. The first-order valence-electron chi connectivity index (χ1n) is 5.78. The Hall–Kier alpha value is -2.02. The molecule has 0 aliphatic rings. The summed E-state index contributed by atoms with van der Waals surface area (Å²) in [5.41, 5.74) is 0.567. The lowest BCUT2D eigenvalue weighted by molar-refractivity contribution is 0.0697. The van der Waals surface area contributed by atoms with Crippen molar-refractivity contribution >= 4 is 27.6 Å². The maximum absolute atomic E-state index is 13.4. The van der Waals surface area contributed by atoms with Crippen LogP contribution < -0.4 is 5.32 Å². The summed E-state index contributed by atoms with van der Waals surface area (Å²) in [5.74, 6) is -4.39. The number of carbonyl (C=O) groups is 1. The van der Waals surface area contributed by atoms with Crippen LogP contribution in [-0.4, -0.2) is 11.1 Å². The molecule has 2 N–H and O–H groups in total. The normalized spacial score (nSPS) is 10.5. The molecule has 0 fully saturated rings. The molecular formula is C14H9BrF3NO2. The van der Waals surface area contributed by atoms with E-state index in [1.807, 2.05) is 0 Å². The summed E-state index contributed by atoms with van der Waals surface area (Å²) in [6, 6.07) is 5.52. The average Bonchev–Trinajstić information content (AvgIpc) is 2.42. The Bertz CT molecular complexity index is 707. The molecule has 21 heavy (non-hydrogen) atoms. The zero-order valence-electron chi connectivity index (χ0n) is 10.5. The standard InChI is InChI=1S/C14H9BrF3NO2/c15-9-3-7(14(20)21)1-2-8(9)6-19-13-5-11(17)10(16)4-12(13)18/h1-5,19H,6H2,(H,20,21). The fourth-order valence-corrected chi connectivity index (χ4v) is 2.19. The van der Waals surface area contributed by atoms with Gasteiger partial charge in [-0.25, -0.2) is 18.0 Å². The molecule has 0 saturated carbocycles. The minimum atomic E-state index is -1.26. The highest BCUT2D eigenvalue weighted by molar-refractivity contribution is 9.10. The van der Waals surface area contributed by atoms with E-state index in [4.69, 9.17) is 5.11 Å². The first kappa shape index (κ1) is 15.4. The molecule has 0 amide bonds. The molecule has 0 heterocycles. The summed E-state index contributed by atoms with van der Waals surface area (Å²) in [6.07, 6.45) is 0. The lowest BCUT2D eigenvalue weighted by Gasteiger charge is -2.10. The number of hydrogen-bond acceptors (Lipinski definition) is 2. The van der Waals surface area contributed by atoms with Crippen molar-refractivity contribution in [2.45, 2.75) is 6.54 Å². The quantitative estimate of drug-likeness (QED) is 0.805. The minimum absolute atomic E-state index is 0.102. The fraction of sp³-hybridized carbons (Fsp3) is 0.0714. The molecule has 2 rings (SSSR count). The van der Waals surface area contributed by atoms with Crippen LogP contribution in [0.25, 0.3) is 0 Å². The van der Waals surface area contributed by atoms with Gasteiger partial charge in [0.1, 0.15) is 5.82 Å². The van der Waals surface area contributed by atoms with E-state index < -0.39 is 23.4 Å². The van der Waals surface area contributed by atoms with Crippen LogP contribution >= 0.6 is 15.9 Å². The lowest BCUT2D eigenvalue weighted by Crippen LogP contribution is -2.05. The minimum Gasteiger partial charge on any atom is -0.478 e. The topological polar surface area (TPSA) is 49.3 Å². The Morgan fingerprint density at radius 2 is 1.76 bits per heavy atom. The van der Waals surface area contributed by atoms with E-state index in [-0.39, 0.29) is 17.8 Å². The number of benzene rings is 2. The summed E-state index contributed by atoms with van der Waals surface area (Å²) >= 11 is 3.20. The first-order chi connectivity index (χ1) is 9.88. The summed E-state index contributed by atoms with van der Waals surface area (Å²) in [7, 11) is 0. The van der Waals surface area contributed by atoms with Crippen LogP contribution in [0.5, 0.6) is 0 Å². The average molecular weight is 360 g/mol. The van der Waals surface area contributed by atoms with Crippen molar-refractivity contribution < 1.29 is 23.1 Å².